The average Bonchev–Trinajstić information content (AvgIpc) is 2.96. The summed E-state index contributed by atoms with van der Waals surface area (Å²) in [6.45, 7) is 3.88. The van der Waals surface area contributed by atoms with Crippen molar-refractivity contribution in [3.63, 3.8) is 0 Å². The molecule has 3 rings (SSSR count). The lowest BCUT2D eigenvalue weighted by Crippen LogP contribution is -2.21. The van der Waals surface area contributed by atoms with Crippen LogP contribution >= 0.6 is 0 Å². The van der Waals surface area contributed by atoms with Gasteiger partial charge in [0.2, 0.25) is 5.76 Å². The van der Waals surface area contributed by atoms with Crippen LogP contribution < -0.4 is 0 Å². The maximum Gasteiger partial charge on any atom is 0.372 e. The Kier molecular flexibility index (Phi) is 3.26. The summed E-state index contributed by atoms with van der Waals surface area (Å²) in [5.74, 6) is 0.634. The molecule has 1 fully saturated rings. The second-order valence-electron chi connectivity index (χ2n) is 5.88. The molecule has 0 spiro atoms. The number of hydrogen-bond donors (Lipinski definition) is 1. The number of hydrogen-bond acceptors (Lipinski definition) is 3. The molecule has 1 aliphatic carbocycles. The van der Waals surface area contributed by atoms with Crippen molar-refractivity contribution < 1.29 is 14.3 Å². The minimum atomic E-state index is -0.996. The van der Waals surface area contributed by atoms with Crippen molar-refractivity contribution in [2.75, 3.05) is 13.6 Å². The van der Waals surface area contributed by atoms with E-state index in [2.05, 4.69) is 11.8 Å². The standard InChI is InChI=1S/C16H19NO3/c1-10-7-11(10)8-17(2)9-13-12-5-3-4-6-14(12)20-15(13)16(18)19/h3-6,10-11H,7-9H2,1-2H3,(H,18,19). The summed E-state index contributed by atoms with van der Waals surface area (Å²) in [7, 11) is 2.04. The summed E-state index contributed by atoms with van der Waals surface area (Å²) < 4.78 is 5.48. The fraction of sp³-hybridized carbons (Fsp3) is 0.438. The van der Waals surface area contributed by atoms with E-state index in [9.17, 15) is 9.90 Å². The third-order valence-electron chi connectivity index (χ3n) is 4.14. The van der Waals surface area contributed by atoms with Crippen LogP contribution in [0.25, 0.3) is 11.0 Å². The minimum Gasteiger partial charge on any atom is -0.475 e. The van der Waals surface area contributed by atoms with Crippen LogP contribution in [0.2, 0.25) is 0 Å². The van der Waals surface area contributed by atoms with Gasteiger partial charge in [0.15, 0.2) is 0 Å². The van der Waals surface area contributed by atoms with Gasteiger partial charge in [-0.2, -0.15) is 0 Å². The first kappa shape index (κ1) is 13.2. The first-order valence-electron chi connectivity index (χ1n) is 6.98. The molecule has 1 saturated carbocycles. The zero-order valence-corrected chi connectivity index (χ0v) is 11.8. The van der Waals surface area contributed by atoms with Crippen LogP contribution in [-0.4, -0.2) is 29.6 Å². The van der Waals surface area contributed by atoms with Gasteiger partial charge in [-0.05, 0) is 31.4 Å². The zero-order chi connectivity index (χ0) is 14.3. The second kappa shape index (κ2) is 4.94. The first-order chi connectivity index (χ1) is 9.56. The highest BCUT2D eigenvalue weighted by atomic mass is 16.4. The van der Waals surface area contributed by atoms with Crippen molar-refractivity contribution in [1.82, 2.24) is 4.90 Å². The Hall–Kier alpha value is -1.81. The van der Waals surface area contributed by atoms with Crippen molar-refractivity contribution in [1.29, 1.82) is 0 Å². The van der Waals surface area contributed by atoms with Crippen LogP contribution in [0.3, 0.4) is 0 Å². The third-order valence-corrected chi connectivity index (χ3v) is 4.14. The Labute approximate surface area is 118 Å². The third kappa shape index (κ3) is 2.43. The number of para-hydroxylation sites is 1. The van der Waals surface area contributed by atoms with E-state index < -0.39 is 5.97 Å². The van der Waals surface area contributed by atoms with Crippen LogP contribution in [0.4, 0.5) is 0 Å². The Morgan fingerprint density at radius 2 is 2.15 bits per heavy atom. The lowest BCUT2D eigenvalue weighted by molar-refractivity contribution is 0.0662. The first-order valence-corrected chi connectivity index (χ1v) is 6.98. The number of aromatic carboxylic acids is 1. The topological polar surface area (TPSA) is 53.7 Å². The van der Waals surface area contributed by atoms with Crippen LogP contribution in [-0.2, 0) is 6.54 Å². The van der Waals surface area contributed by atoms with Gasteiger partial charge >= 0.3 is 5.97 Å². The quantitative estimate of drug-likeness (QED) is 0.908. The molecule has 1 heterocycles. The summed E-state index contributed by atoms with van der Waals surface area (Å²) in [4.78, 5) is 13.5. The number of nitrogens with zero attached hydrogens (tertiary/aromatic N) is 1. The minimum absolute atomic E-state index is 0.0712. The van der Waals surface area contributed by atoms with E-state index in [1.54, 1.807) is 0 Å². The van der Waals surface area contributed by atoms with Crippen LogP contribution in [0, 0.1) is 11.8 Å². The molecule has 0 bridgehead atoms. The van der Waals surface area contributed by atoms with Gasteiger partial charge < -0.3 is 14.4 Å². The van der Waals surface area contributed by atoms with Crippen molar-refractivity contribution in [3.8, 4) is 0 Å². The molecule has 0 aliphatic heterocycles. The molecule has 4 heteroatoms. The van der Waals surface area contributed by atoms with E-state index in [-0.39, 0.29) is 5.76 Å². The van der Waals surface area contributed by atoms with Gasteiger partial charge in [0.1, 0.15) is 5.58 Å². The molecule has 1 aromatic carbocycles. The highest BCUT2D eigenvalue weighted by molar-refractivity contribution is 5.95. The summed E-state index contributed by atoms with van der Waals surface area (Å²) in [6.07, 6.45) is 1.28. The van der Waals surface area contributed by atoms with E-state index in [1.165, 1.54) is 6.42 Å². The lowest BCUT2D eigenvalue weighted by atomic mass is 10.1. The molecule has 1 aliphatic rings. The number of furan rings is 1. The fourth-order valence-corrected chi connectivity index (χ4v) is 2.82. The highest BCUT2D eigenvalue weighted by Crippen LogP contribution is 2.38. The van der Waals surface area contributed by atoms with Crippen molar-refractivity contribution in [2.45, 2.75) is 19.9 Å². The molecule has 20 heavy (non-hydrogen) atoms. The van der Waals surface area contributed by atoms with Crippen LogP contribution in [0.1, 0.15) is 29.5 Å². The number of carboxylic acids is 1. The van der Waals surface area contributed by atoms with Crippen LogP contribution in [0.5, 0.6) is 0 Å². The summed E-state index contributed by atoms with van der Waals surface area (Å²) in [5, 5.41) is 10.2. The molecule has 0 amide bonds. The van der Waals surface area contributed by atoms with Gasteiger partial charge in [0, 0.05) is 24.0 Å². The Morgan fingerprint density at radius 3 is 2.80 bits per heavy atom. The summed E-state index contributed by atoms with van der Waals surface area (Å²) in [5.41, 5.74) is 1.43. The van der Waals surface area contributed by atoms with Gasteiger partial charge in [-0.25, -0.2) is 4.79 Å². The smallest absolute Gasteiger partial charge is 0.372 e. The highest BCUT2D eigenvalue weighted by Gasteiger charge is 2.33. The maximum absolute atomic E-state index is 11.3. The molecule has 106 valence electrons. The van der Waals surface area contributed by atoms with E-state index in [4.69, 9.17) is 4.42 Å². The van der Waals surface area contributed by atoms with E-state index in [0.717, 1.165) is 29.3 Å². The molecular formula is C16H19NO3. The average molecular weight is 273 g/mol. The van der Waals surface area contributed by atoms with Gasteiger partial charge in [0.05, 0.1) is 0 Å². The number of carbonyl (C=O) groups is 1. The van der Waals surface area contributed by atoms with Crippen molar-refractivity contribution in [3.05, 3.63) is 35.6 Å². The SMILES string of the molecule is CC1CC1CN(C)Cc1c(C(=O)O)oc2ccccc12. The van der Waals surface area contributed by atoms with Gasteiger partial charge in [-0.3, -0.25) is 0 Å². The predicted molar refractivity (Wildman–Crippen MR) is 76.8 cm³/mol. The Balaban J connectivity index is 1.88. The number of benzene rings is 1. The number of rotatable bonds is 5. The summed E-state index contributed by atoms with van der Waals surface area (Å²) in [6, 6.07) is 7.51. The largest absolute Gasteiger partial charge is 0.475 e. The molecule has 4 nitrogen and oxygen atoms in total. The van der Waals surface area contributed by atoms with Gasteiger partial charge in [-0.15, -0.1) is 0 Å². The Morgan fingerprint density at radius 1 is 1.45 bits per heavy atom. The molecule has 1 aromatic heterocycles. The van der Waals surface area contributed by atoms with Gasteiger partial charge in [-0.1, -0.05) is 25.1 Å². The monoisotopic (exact) mass is 273 g/mol. The second-order valence-corrected chi connectivity index (χ2v) is 5.88. The molecule has 1 N–H and O–H groups in total. The van der Waals surface area contributed by atoms with Gasteiger partial charge in [0.25, 0.3) is 0 Å². The number of carboxylic acid groups (broad SMARTS) is 1. The number of fused-ring (bicyclic) bond motifs is 1. The fourth-order valence-electron chi connectivity index (χ4n) is 2.82. The Bertz CT molecular complexity index is 646. The molecule has 2 unspecified atom stereocenters. The molecule has 2 aromatic rings. The summed E-state index contributed by atoms with van der Waals surface area (Å²) >= 11 is 0. The maximum atomic E-state index is 11.3. The zero-order valence-electron chi connectivity index (χ0n) is 11.8. The normalized spacial score (nSPS) is 21.6. The molecule has 2 atom stereocenters. The van der Waals surface area contributed by atoms with Crippen LogP contribution in [0.15, 0.2) is 28.7 Å². The van der Waals surface area contributed by atoms with E-state index in [1.807, 2.05) is 31.3 Å². The molecular weight excluding hydrogens is 254 g/mol. The van der Waals surface area contributed by atoms with Crippen molar-refractivity contribution >= 4 is 16.9 Å². The lowest BCUT2D eigenvalue weighted by Gasteiger charge is -2.16. The molecule has 0 radical (unpaired) electrons. The predicted octanol–water partition coefficient (Wildman–Crippen LogP) is 3.22. The van der Waals surface area contributed by atoms with Crippen molar-refractivity contribution in [2.24, 2.45) is 11.8 Å². The van der Waals surface area contributed by atoms with E-state index >= 15 is 0 Å². The molecule has 0 saturated heterocycles. The van der Waals surface area contributed by atoms with E-state index in [0.29, 0.717) is 12.1 Å².